The van der Waals surface area contributed by atoms with E-state index in [2.05, 4.69) is 16.9 Å². The molecule has 0 fully saturated rings. The highest BCUT2D eigenvalue weighted by Gasteiger charge is 2.03. The zero-order chi connectivity index (χ0) is 14.4. The van der Waals surface area contributed by atoms with Crippen molar-refractivity contribution in [2.24, 2.45) is 12.8 Å². The van der Waals surface area contributed by atoms with E-state index in [0.717, 1.165) is 28.9 Å². The van der Waals surface area contributed by atoms with Gasteiger partial charge in [-0.25, -0.2) is 0 Å². The molecule has 2 aromatic rings. The molecule has 0 atom stereocenters. The zero-order valence-electron chi connectivity index (χ0n) is 11.9. The Morgan fingerprint density at radius 1 is 1.40 bits per heavy atom. The van der Waals surface area contributed by atoms with Gasteiger partial charge in [-0.2, -0.15) is 5.10 Å². The summed E-state index contributed by atoms with van der Waals surface area (Å²) < 4.78 is 7.61. The zero-order valence-corrected chi connectivity index (χ0v) is 11.9. The highest BCUT2D eigenvalue weighted by Crippen LogP contribution is 2.19. The van der Waals surface area contributed by atoms with Crippen molar-refractivity contribution in [1.29, 1.82) is 0 Å². The van der Waals surface area contributed by atoms with Crippen LogP contribution in [0.1, 0.15) is 16.7 Å². The lowest BCUT2D eigenvalue weighted by atomic mass is 10.1. The van der Waals surface area contributed by atoms with Gasteiger partial charge in [0.05, 0.1) is 24.9 Å². The van der Waals surface area contributed by atoms with Crippen LogP contribution in [-0.2, 0) is 13.5 Å². The minimum absolute atomic E-state index is 0.350. The van der Waals surface area contributed by atoms with Gasteiger partial charge in [0, 0.05) is 19.7 Å². The molecule has 4 nitrogen and oxygen atoms in total. The number of benzene rings is 1. The Balaban J connectivity index is 2.01. The summed E-state index contributed by atoms with van der Waals surface area (Å²) in [7, 11) is 1.91. The van der Waals surface area contributed by atoms with Crippen LogP contribution in [0.2, 0.25) is 0 Å². The number of nitrogens with zero attached hydrogens (tertiary/aromatic N) is 2. The lowest BCUT2D eigenvalue weighted by Crippen LogP contribution is -2.02. The van der Waals surface area contributed by atoms with Crippen molar-refractivity contribution in [2.45, 2.75) is 13.3 Å². The molecule has 1 aromatic carbocycles. The Hall–Kier alpha value is -2.25. The Labute approximate surface area is 119 Å². The normalized spacial score (nSPS) is 9.95. The first-order valence-electron chi connectivity index (χ1n) is 6.59. The maximum Gasteiger partial charge on any atom is 0.134 e. The maximum absolute atomic E-state index is 5.82. The van der Waals surface area contributed by atoms with Crippen molar-refractivity contribution < 1.29 is 4.74 Å². The summed E-state index contributed by atoms with van der Waals surface area (Å²) in [6.45, 7) is 2.99. The van der Waals surface area contributed by atoms with Crippen molar-refractivity contribution in [2.75, 3.05) is 13.2 Å². The summed E-state index contributed by atoms with van der Waals surface area (Å²) >= 11 is 0. The van der Waals surface area contributed by atoms with Gasteiger partial charge >= 0.3 is 0 Å². The molecule has 0 aliphatic heterocycles. The fourth-order valence-corrected chi connectivity index (χ4v) is 1.89. The summed E-state index contributed by atoms with van der Waals surface area (Å²) in [6, 6.07) is 5.99. The van der Waals surface area contributed by atoms with Crippen LogP contribution in [-0.4, -0.2) is 22.9 Å². The molecule has 0 aliphatic carbocycles. The predicted molar refractivity (Wildman–Crippen MR) is 79.5 cm³/mol. The standard InChI is InChI=1S/C16H19N3O/c1-13-5-6-16(15(10-13)4-3-8-17)20-9-7-14-11-18-19(2)12-14/h5-6,10-12H,7-9,17H2,1-2H3. The Morgan fingerprint density at radius 3 is 2.95 bits per heavy atom. The number of aryl methyl sites for hydroxylation is 2. The molecule has 1 heterocycles. The summed E-state index contributed by atoms with van der Waals surface area (Å²) in [5.74, 6) is 6.72. The highest BCUT2D eigenvalue weighted by molar-refractivity contribution is 5.48. The summed E-state index contributed by atoms with van der Waals surface area (Å²) in [5, 5.41) is 4.14. The SMILES string of the molecule is Cc1ccc(OCCc2cnn(C)c2)c(C#CCN)c1. The van der Waals surface area contributed by atoms with E-state index in [4.69, 9.17) is 10.5 Å². The Bertz CT molecular complexity index is 635. The smallest absolute Gasteiger partial charge is 0.134 e. The molecule has 0 amide bonds. The van der Waals surface area contributed by atoms with E-state index in [9.17, 15) is 0 Å². The Kier molecular flexibility index (Phi) is 4.80. The van der Waals surface area contributed by atoms with Crippen LogP contribution in [0.4, 0.5) is 0 Å². The molecule has 104 valence electrons. The molecule has 0 saturated heterocycles. The molecule has 0 unspecified atom stereocenters. The van der Waals surface area contributed by atoms with Crippen LogP contribution in [0.25, 0.3) is 0 Å². The molecule has 2 rings (SSSR count). The first kappa shape index (κ1) is 14.2. The van der Waals surface area contributed by atoms with Gasteiger partial charge in [-0.3, -0.25) is 4.68 Å². The molecule has 0 spiro atoms. The average molecular weight is 269 g/mol. The fourth-order valence-electron chi connectivity index (χ4n) is 1.89. The molecule has 0 radical (unpaired) electrons. The van der Waals surface area contributed by atoms with Gasteiger partial charge in [0.2, 0.25) is 0 Å². The van der Waals surface area contributed by atoms with E-state index in [1.54, 1.807) is 4.68 Å². The Morgan fingerprint density at radius 2 is 2.25 bits per heavy atom. The predicted octanol–water partition coefficient (Wildman–Crippen LogP) is 1.66. The number of hydrogen-bond donors (Lipinski definition) is 1. The monoisotopic (exact) mass is 269 g/mol. The summed E-state index contributed by atoms with van der Waals surface area (Å²) in [5.41, 5.74) is 8.63. The van der Waals surface area contributed by atoms with E-state index in [0.29, 0.717) is 13.2 Å². The van der Waals surface area contributed by atoms with Gasteiger partial charge in [0.15, 0.2) is 0 Å². The molecule has 1 aromatic heterocycles. The van der Waals surface area contributed by atoms with E-state index >= 15 is 0 Å². The van der Waals surface area contributed by atoms with Gasteiger partial charge in [0.1, 0.15) is 5.75 Å². The van der Waals surface area contributed by atoms with Gasteiger partial charge in [0.25, 0.3) is 0 Å². The van der Waals surface area contributed by atoms with Gasteiger partial charge < -0.3 is 10.5 Å². The maximum atomic E-state index is 5.82. The van der Waals surface area contributed by atoms with E-state index in [-0.39, 0.29) is 0 Å². The van der Waals surface area contributed by atoms with Crippen LogP contribution in [0, 0.1) is 18.8 Å². The second kappa shape index (κ2) is 6.78. The number of ether oxygens (including phenoxy) is 1. The van der Waals surface area contributed by atoms with E-state index < -0.39 is 0 Å². The minimum Gasteiger partial charge on any atom is -0.492 e. The van der Waals surface area contributed by atoms with Crippen molar-refractivity contribution in [3.05, 3.63) is 47.3 Å². The molecule has 0 saturated carbocycles. The molecule has 4 heteroatoms. The molecule has 2 N–H and O–H groups in total. The van der Waals surface area contributed by atoms with Crippen LogP contribution in [0.5, 0.6) is 5.75 Å². The molecule has 0 bridgehead atoms. The molecule has 20 heavy (non-hydrogen) atoms. The lowest BCUT2D eigenvalue weighted by Gasteiger charge is -2.08. The largest absolute Gasteiger partial charge is 0.492 e. The second-order valence-corrected chi connectivity index (χ2v) is 4.63. The number of aromatic nitrogens is 2. The molecular weight excluding hydrogens is 250 g/mol. The first-order valence-corrected chi connectivity index (χ1v) is 6.59. The van der Waals surface area contributed by atoms with E-state index in [1.165, 1.54) is 0 Å². The van der Waals surface area contributed by atoms with Gasteiger partial charge in [-0.05, 0) is 30.2 Å². The summed E-state index contributed by atoms with van der Waals surface area (Å²) in [6.07, 6.45) is 4.67. The summed E-state index contributed by atoms with van der Waals surface area (Å²) in [4.78, 5) is 0. The molecular formula is C16H19N3O. The van der Waals surface area contributed by atoms with Crippen molar-refractivity contribution in [1.82, 2.24) is 9.78 Å². The van der Waals surface area contributed by atoms with E-state index in [1.807, 2.05) is 44.6 Å². The molecule has 0 aliphatic rings. The van der Waals surface area contributed by atoms with Crippen molar-refractivity contribution >= 4 is 0 Å². The fraction of sp³-hybridized carbons (Fsp3) is 0.312. The van der Waals surface area contributed by atoms with Crippen molar-refractivity contribution in [3.63, 3.8) is 0 Å². The topological polar surface area (TPSA) is 53.1 Å². The number of hydrogen-bond acceptors (Lipinski definition) is 3. The highest BCUT2D eigenvalue weighted by atomic mass is 16.5. The van der Waals surface area contributed by atoms with Gasteiger partial charge in [-0.1, -0.05) is 17.9 Å². The van der Waals surface area contributed by atoms with Crippen LogP contribution in [0.3, 0.4) is 0 Å². The average Bonchev–Trinajstić information content (AvgIpc) is 2.84. The quantitative estimate of drug-likeness (QED) is 0.859. The number of rotatable bonds is 4. The third kappa shape index (κ3) is 3.87. The minimum atomic E-state index is 0.350. The van der Waals surface area contributed by atoms with Gasteiger partial charge in [-0.15, -0.1) is 0 Å². The van der Waals surface area contributed by atoms with Crippen molar-refractivity contribution in [3.8, 4) is 17.6 Å². The van der Waals surface area contributed by atoms with Crippen LogP contribution in [0.15, 0.2) is 30.6 Å². The third-order valence-corrected chi connectivity index (χ3v) is 2.87. The first-order chi connectivity index (χ1) is 9.69. The second-order valence-electron chi connectivity index (χ2n) is 4.63. The lowest BCUT2D eigenvalue weighted by molar-refractivity contribution is 0.321. The van der Waals surface area contributed by atoms with Crippen LogP contribution < -0.4 is 10.5 Å². The van der Waals surface area contributed by atoms with Crippen LogP contribution >= 0.6 is 0 Å². The third-order valence-electron chi connectivity index (χ3n) is 2.87. The number of nitrogens with two attached hydrogens (primary N) is 1.